The molecule has 0 saturated carbocycles. The molecule has 0 spiro atoms. The molecule has 0 heterocycles. The SMILES string of the molecule is CCOCCNC(=O)c1c(Cl)ccc(S(=O)(=O)Cl)c1Cl. The van der Waals surface area contributed by atoms with Crippen molar-refractivity contribution in [3.8, 4) is 0 Å². The van der Waals surface area contributed by atoms with E-state index in [1.54, 1.807) is 0 Å². The second-order valence-electron chi connectivity index (χ2n) is 3.63. The molecule has 1 amide bonds. The summed E-state index contributed by atoms with van der Waals surface area (Å²) in [6, 6.07) is 2.39. The summed E-state index contributed by atoms with van der Waals surface area (Å²) in [5.41, 5.74) is -0.133. The average molecular weight is 361 g/mol. The van der Waals surface area contributed by atoms with E-state index in [4.69, 9.17) is 38.6 Å². The monoisotopic (exact) mass is 359 g/mol. The number of halogens is 3. The van der Waals surface area contributed by atoms with Crippen LogP contribution in [0.1, 0.15) is 17.3 Å². The first-order chi connectivity index (χ1) is 9.29. The molecule has 0 aliphatic carbocycles. The van der Waals surface area contributed by atoms with Gasteiger partial charge in [-0.15, -0.1) is 0 Å². The molecule has 0 aromatic heterocycles. The molecule has 1 N–H and O–H groups in total. The Morgan fingerprint density at radius 1 is 1.35 bits per heavy atom. The molecular formula is C11H12Cl3NO4S. The summed E-state index contributed by atoms with van der Waals surface area (Å²) >= 11 is 11.8. The number of hydrogen-bond acceptors (Lipinski definition) is 4. The van der Waals surface area contributed by atoms with Gasteiger partial charge in [0, 0.05) is 23.8 Å². The van der Waals surface area contributed by atoms with Crippen LogP contribution < -0.4 is 5.32 Å². The van der Waals surface area contributed by atoms with Gasteiger partial charge in [0.2, 0.25) is 0 Å². The number of carbonyl (C=O) groups excluding carboxylic acids is 1. The summed E-state index contributed by atoms with van der Waals surface area (Å²) < 4.78 is 27.7. The molecule has 1 aromatic carbocycles. The van der Waals surface area contributed by atoms with Crippen molar-refractivity contribution >= 4 is 48.8 Å². The maximum Gasteiger partial charge on any atom is 0.262 e. The number of ether oxygens (including phenoxy) is 1. The predicted octanol–water partition coefficient (Wildman–Crippen LogP) is 2.69. The summed E-state index contributed by atoms with van der Waals surface area (Å²) in [6.45, 7) is 2.92. The molecule has 112 valence electrons. The molecule has 0 saturated heterocycles. The molecule has 1 aromatic rings. The zero-order valence-electron chi connectivity index (χ0n) is 10.5. The normalized spacial score (nSPS) is 11.4. The van der Waals surface area contributed by atoms with Gasteiger partial charge in [-0.2, -0.15) is 0 Å². The van der Waals surface area contributed by atoms with Crippen molar-refractivity contribution in [2.75, 3.05) is 19.8 Å². The lowest BCUT2D eigenvalue weighted by molar-refractivity contribution is 0.0922. The van der Waals surface area contributed by atoms with E-state index in [0.29, 0.717) is 13.2 Å². The molecule has 0 radical (unpaired) electrons. The lowest BCUT2D eigenvalue weighted by Gasteiger charge is -2.10. The molecule has 9 heteroatoms. The highest BCUT2D eigenvalue weighted by molar-refractivity contribution is 8.13. The van der Waals surface area contributed by atoms with E-state index in [1.165, 1.54) is 6.07 Å². The Labute approximate surface area is 131 Å². The minimum Gasteiger partial charge on any atom is -0.380 e. The van der Waals surface area contributed by atoms with Gasteiger partial charge in [-0.05, 0) is 19.1 Å². The molecule has 0 atom stereocenters. The Morgan fingerprint density at radius 3 is 2.55 bits per heavy atom. The number of benzene rings is 1. The maximum absolute atomic E-state index is 12.0. The van der Waals surface area contributed by atoms with Crippen LogP contribution in [0.4, 0.5) is 0 Å². The summed E-state index contributed by atoms with van der Waals surface area (Å²) in [4.78, 5) is 11.6. The smallest absolute Gasteiger partial charge is 0.262 e. The van der Waals surface area contributed by atoms with Crippen molar-refractivity contribution in [3.05, 3.63) is 27.7 Å². The van der Waals surface area contributed by atoms with E-state index in [-0.39, 0.29) is 27.0 Å². The highest BCUT2D eigenvalue weighted by Gasteiger charge is 2.23. The summed E-state index contributed by atoms with van der Waals surface area (Å²) in [5, 5.41) is 2.25. The van der Waals surface area contributed by atoms with Crippen LogP contribution in [-0.2, 0) is 13.8 Å². The van der Waals surface area contributed by atoms with Gasteiger partial charge in [-0.25, -0.2) is 8.42 Å². The van der Waals surface area contributed by atoms with E-state index in [0.717, 1.165) is 6.07 Å². The molecule has 20 heavy (non-hydrogen) atoms. The van der Waals surface area contributed by atoms with E-state index >= 15 is 0 Å². The molecule has 0 aliphatic rings. The number of rotatable bonds is 6. The zero-order valence-corrected chi connectivity index (χ0v) is 13.5. The zero-order chi connectivity index (χ0) is 15.3. The quantitative estimate of drug-likeness (QED) is 0.625. The number of amides is 1. The fraction of sp³-hybridized carbons (Fsp3) is 0.364. The Morgan fingerprint density at radius 2 is 2.00 bits per heavy atom. The third-order valence-corrected chi connectivity index (χ3v) is 4.47. The molecule has 0 aliphatic heterocycles. The van der Waals surface area contributed by atoms with Crippen molar-refractivity contribution in [2.45, 2.75) is 11.8 Å². The lowest BCUT2D eigenvalue weighted by Crippen LogP contribution is -2.28. The molecule has 5 nitrogen and oxygen atoms in total. The highest BCUT2D eigenvalue weighted by atomic mass is 35.7. The first kappa shape index (κ1) is 17.5. The summed E-state index contributed by atoms with van der Waals surface area (Å²) in [7, 11) is 1.17. The fourth-order valence-corrected chi connectivity index (χ4v) is 3.30. The van der Waals surface area contributed by atoms with Crippen LogP contribution >= 0.6 is 33.9 Å². The predicted molar refractivity (Wildman–Crippen MR) is 78.3 cm³/mol. The largest absolute Gasteiger partial charge is 0.380 e. The average Bonchev–Trinajstić information content (AvgIpc) is 2.33. The molecule has 0 fully saturated rings. The van der Waals surface area contributed by atoms with Gasteiger partial charge in [0.15, 0.2) is 0 Å². The standard InChI is InChI=1S/C11H12Cl3NO4S/c1-2-19-6-5-15-11(16)9-7(12)3-4-8(10(9)13)20(14,17)18/h3-4H,2,5-6H2,1H3,(H,15,16). The Kier molecular flexibility index (Phi) is 6.54. The third kappa shape index (κ3) is 4.49. The summed E-state index contributed by atoms with van der Waals surface area (Å²) in [6.07, 6.45) is 0. The van der Waals surface area contributed by atoms with E-state index in [9.17, 15) is 13.2 Å². The number of carbonyl (C=O) groups is 1. The van der Waals surface area contributed by atoms with Crippen molar-refractivity contribution in [3.63, 3.8) is 0 Å². The van der Waals surface area contributed by atoms with Crippen LogP contribution in [0.5, 0.6) is 0 Å². The Bertz CT molecular complexity index is 604. The van der Waals surface area contributed by atoms with Crippen molar-refractivity contribution in [2.24, 2.45) is 0 Å². The number of nitrogens with one attached hydrogen (secondary N) is 1. The fourth-order valence-electron chi connectivity index (χ4n) is 1.40. The van der Waals surface area contributed by atoms with E-state index in [2.05, 4.69) is 5.32 Å². The van der Waals surface area contributed by atoms with Crippen LogP contribution in [0.3, 0.4) is 0 Å². The molecule has 0 bridgehead atoms. The Balaban J connectivity index is 3.03. The topological polar surface area (TPSA) is 72.5 Å². The molecule has 0 unspecified atom stereocenters. The van der Waals surface area contributed by atoms with Crippen molar-refractivity contribution in [1.82, 2.24) is 5.32 Å². The van der Waals surface area contributed by atoms with Gasteiger partial charge in [-0.3, -0.25) is 4.79 Å². The molecular weight excluding hydrogens is 349 g/mol. The van der Waals surface area contributed by atoms with Gasteiger partial charge in [-0.1, -0.05) is 23.2 Å². The first-order valence-electron chi connectivity index (χ1n) is 5.57. The third-order valence-electron chi connectivity index (χ3n) is 2.28. The van der Waals surface area contributed by atoms with Gasteiger partial charge >= 0.3 is 0 Å². The van der Waals surface area contributed by atoms with Gasteiger partial charge in [0.05, 0.1) is 22.2 Å². The van der Waals surface area contributed by atoms with Crippen molar-refractivity contribution in [1.29, 1.82) is 0 Å². The van der Waals surface area contributed by atoms with Crippen LogP contribution in [0.15, 0.2) is 17.0 Å². The van der Waals surface area contributed by atoms with Gasteiger partial charge in [0.1, 0.15) is 4.90 Å². The first-order valence-corrected chi connectivity index (χ1v) is 8.64. The van der Waals surface area contributed by atoms with Crippen LogP contribution in [-0.4, -0.2) is 34.1 Å². The minimum absolute atomic E-state index is 0.0352. The summed E-state index contributed by atoms with van der Waals surface area (Å²) in [5.74, 6) is -0.595. The van der Waals surface area contributed by atoms with Crippen LogP contribution in [0.25, 0.3) is 0 Å². The maximum atomic E-state index is 12.0. The molecule has 1 rings (SSSR count). The highest BCUT2D eigenvalue weighted by Crippen LogP contribution is 2.32. The second-order valence-corrected chi connectivity index (χ2v) is 6.94. The second kappa shape index (κ2) is 7.47. The van der Waals surface area contributed by atoms with Crippen molar-refractivity contribution < 1.29 is 17.9 Å². The minimum atomic E-state index is -4.06. The van der Waals surface area contributed by atoms with Gasteiger partial charge < -0.3 is 10.1 Å². The van der Waals surface area contributed by atoms with E-state index in [1.807, 2.05) is 6.92 Å². The van der Waals surface area contributed by atoms with Gasteiger partial charge in [0.25, 0.3) is 15.0 Å². The Hall–Kier alpha value is -0.530. The number of hydrogen-bond donors (Lipinski definition) is 1. The van der Waals surface area contributed by atoms with Crippen LogP contribution in [0, 0.1) is 0 Å². The van der Waals surface area contributed by atoms with E-state index < -0.39 is 15.0 Å². The van der Waals surface area contributed by atoms with Crippen LogP contribution in [0.2, 0.25) is 10.0 Å². The lowest BCUT2D eigenvalue weighted by atomic mass is 10.2.